The average molecular weight is 190 g/mol. The number of hydrogen-bond acceptors (Lipinski definition) is 3. The normalized spacial score (nSPS) is 12.6. The third-order valence-electron chi connectivity index (χ3n) is 1.61. The lowest BCUT2D eigenvalue weighted by atomic mass is 10.3. The van der Waals surface area contributed by atoms with Crippen molar-refractivity contribution < 1.29 is 4.74 Å². The maximum absolute atomic E-state index is 5.39. The molecule has 3 nitrogen and oxygen atoms in total. The number of para-hydroxylation sites is 2. The lowest BCUT2D eigenvalue weighted by Crippen LogP contribution is -1.91. The largest absolute Gasteiger partial charge is 0.497 e. The van der Waals surface area contributed by atoms with E-state index in [4.69, 9.17) is 16.2 Å². The zero-order chi connectivity index (χ0) is 10.2. The van der Waals surface area contributed by atoms with Crippen LogP contribution in [0.5, 0.6) is 0 Å². The van der Waals surface area contributed by atoms with Crippen molar-refractivity contribution in [3.8, 4) is 0 Å². The van der Waals surface area contributed by atoms with E-state index < -0.39 is 0 Å². The smallest absolute Gasteiger partial charge is 0.106 e. The van der Waals surface area contributed by atoms with Gasteiger partial charge in [0.05, 0.1) is 17.6 Å². The van der Waals surface area contributed by atoms with E-state index in [2.05, 4.69) is 0 Å². The van der Waals surface area contributed by atoms with Crippen molar-refractivity contribution >= 4 is 11.4 Å². The molecule has 0 amide bonds. The lowest BCUT2D eigenvalue weighted by molar-refractivity contribution is 0.286. The Morgan fingerprint density at radius 1 is 1.00 bits per heavy atom. The summed E-state index contributed by atoms with van der Waals surface area (Å²) in [7, 11) is 0. The first kappa shape index (κ1) is 10.2. The second kappa shape index (κ2) is 5.70. The number of nitrogen functional groups attached to an aromatic ring is 2. The molecule has 0 saturated carbocycles. The quantitative estimate of drug-likeness (QED) is 0.614. The standard InChI is InChI=1S/C6H8N2.C5H6O/c7-5-3-1-2-4-6(5)8;1-2-4-6-5-3-1/h1-4H,7-8H2;1-4H,5H2. The highest BCUT2D eigenvalue weighted by Crippen LogP contribution is 2.10. The molecule has 0 aromatic heterocycles. The van der Waals surface area contributed by atoms with Crippen LogP contribution < -0.4 is 11.5 Å². The summed E-state index contributed by atoms with van der Waals surface area (Å²) >= 11 is 0. The molecule has 0 bridgehead atoms. The maximum atomic E-state index is 5.39. The maximum Gasteiger partial charge on any atom is 0.106 e. The van der Waals surface area contributed by atoms with E-state index >= 15 is 0 Å². The molecule has 0 aliphatic carbocycles. The van der Waals surface area contributed by atoms with E-state index in [1.54, 1.807) is 18.4 Å². The summed E-state index contributed by atoms with van der Waals surface area (Å²) in [5.41, 5.74) is 12.1. The second-order valence-electron chi connectivity index (χ2n) is 2.72. The van der Waals surface area contributed by atoms with Gasteiger partial charge in [0.2, 0.25) is 0 Å². The van der Waals surface area contributed by atoms with Crippen LogP contribution in [0.3, 0.4) is 0 Å². The Balaban J connectivity index is 0.000000146. The van der Waals surface area contributed by atoms with E-state index in [0.29, 0.717) is 11.4 Å². The van der Waals surface area contributed by atoms with Crippen molar-refractivity contribution in [2.24, 2.45) is 0 Å². The molecule has 0 fully saturated rings. The van der Waals surface area contributed by atoms with Crippen LogP contribution in [0, 0.1) is 0 Å². The topological polar surface area (TPSA) is 61.3 Å². The summed E-state index contributed by atoms with van der Waals surface area (Å²) in [5, 5.41) is 0. The number of ether oxygens (including phenoxy) is 1. The third-order valence-corrected chi connectivity index (χ3v) is 1.61. The van der Waals surface area contributed by atoms with Gasteiger partial charge in [-0.3, -0.25) is 0 Å². The molecule has 0 radical (unpaired) electrons. The van der Waals surface area contributed by atoms with Gasteiger partial charge in [-0.15, -0.1) is 0 Å². The Bertz CT molecular complexity index is 299. The summed E-state index contributed by atoms with van der Waals surface area (Å²) in [6, 6.07) is 7.25. The molecule has 0 atom stereocenters. The molecule has 1 aromatic rings. The fourth-order valence-electron chi connectivity index (χ4n) is 0.857. The first-order chi connectivity index (χ1) is 6.80. The summed E-state index contributed by atoms with van der Waals surface area (Å²) < 4.78 is 4.80. The summed E-state index contributed by atoms with van der Waals surface area (Å²) in [5.74, 6) is 0. The van der Waals surface area contributed by atoms with Gasteiger partial charge < -0.3 is 16.2 Å². The van der Waals surface area contributed by atoms with Crippen LogP contribution in [-0.4, -0.2) is 6.61 Å². The summed E-state index contributed by atoms with van der Waals surface area (Å²) in [6.07, 6.45) is 7.47. The summed E-state index contributed by atoms with van der Waals surface area (Å²) in [6.45, 7) is 0.733. The van der Waals surface area contributed by atoms with Gasteiger partial charge >= 0.3 is 0 Å². The fraction of sp³-hybridized carbons (Fsp3) is 0.0909. The zero-order valence-corrected chi connectivity index (χ0v) is 7.89. The van der Waals surface area contributed by atoms with Crippen LogP contribution in [0.4, 0.5) is 11.4 Å². The minimum atomic E-state index is 0.646. The van der Waals surface area contributed by atoms with Crippen molar-refractivity contribution in [1.82, 2.24) is 0 Å². The predicted molar refractivity (Wildman–Crippen MR) is 59.5 cm³/mol. The van der Waals surface area contributed by atoms with Gasteiger partial charge in [-0.25, -0.2) is 0 Å². The first-order valence-corrected chi connectivity index (χ1v) is 4.34. The van der Waals surface area contributed by atoms with Crippen molar-refractivity contribution in [3.63, 3.8) is 0 Å². The number of nitrogens with two attached hydrogens (primary N) is 2. The molecule has 1 heterocycles. The fourth-order valence-corrected chi connectivity index (χ4v) is 0.857. The van der Waals surface area contributed by atoms with Crippen molar-refractivity contribution in [1.29, 1.82) is 0 Å². The van der Waals surface area contributed by atoms with Gasteiger partial charge in [0.25, 0.3) is 0 Å². The number of anilines is 2. The minimum Gasteiger partial charge on any atom is -0.497 e. The van der Waals surface area contributed by atoms with E-state index in [-0.39, 0.29) is 0 Å². The van der Waals surface area contributed by atoms with Crippen LogP contribution in [0.25, 0.3) is 0 Å². The van der Waals surface area contributed by atoms with E-state index in [0.717, 1.165) is 6.61 Å². The Hall–Kier alpha value is -1.90. The third kappa shape index (κ3) is 3.67. The number of benzene rings is 1. The number of hydrogen-bond donors (Lipinski definition) is 2. The van der Waals surface area contributed by atoms with Crippen LogP contribution >= 0.6 is 0 Å². The predicted octanol–water partition coefficient (Wildman–Crippen LogP) is 1.94. The number of rotatable bonds is 0. The highest BCUT2D eigenvalue weighted by atomic mass is 16.5. The molecule has 74 valence electrons. The Morgan fingerprint density at radius 3 is 1.86 bits per heavy atom. The zero-order valence-electron chi connectivity index (χ0n) is 7.89. The van der Waals surface area contributed by atoms with Gasteiger partial charge in [-0.2, -0.15) is 0 Å². The first-order valence-electron chi connectivity index (χ1n) is 4.34. The molecule has 4 N–H and O–H groups in total. The molecule has 1 aliphatic rings. The molecule has 1 aromatic carbocycles. The van der Waals surface area contributed by atoms with Gasteiger partial charge in [-0.1, -0.05) is 18.2 Å². The second-order valence-corrected chi connectivity index (χ2v) is 2.72. The Morgan fingerprint density at radius 2 is 1.64 bits per heavy atom. The van der Waals surface area contributed by atoms with Crippen LogP contribution in [0.2, 0.25) is 0 Å². The van der Waals surface area contributed by atoms with Crippen LogP contribution in [0.1, 0.15) is 0 Å². The lowest BCUT2D eigenvalue weighted by Gasteiger charge is -1.94. The monoisotopic (exact) mass is 190 g/mol. The molecule has 2 rings (SSSR count). The van der Waals surface area contributed by atoms with Crippen molar-refractivity contribution in [2.45, 2.75) is 0 Å². The van der Waals surface area contributed by atoms with E-state index in [1.165, 1.54) is 0 Å². The molecular weight excluding hydrogens is 176 g/mol. The van der Waals surface area contributed by atoms with Crippen LogP contribution in [0.15, 0.2) is 48.8 Å². The number of allylic oxidation sites excluding steroid dienone is 2. The van der Waals surface area contributed by atoms with Gasteiger partial charge in [-0.05, 0) is 24.3 Å². The average Bonchev–Trinajstić information content (AvgIpc) is 2.26. The van der Waals surface area contributed by atoms with E-state index in [9.17, 15) is 0 Å². The Labute approximate surface area is 83.7 Å². The molecule has 0 saturated heterocycles. The highest BCUT2D eigenvalue weighted by Gasteiger charge is 1.85. The van der Waals surface area contributed by atoms with Gasteiger partial charge in [0.1, 0.15) is 6.61 Å². The minimum absolute atomic E-state index is 0.646. The van der Waals surface area contributed by atoms with Crippen molar-refractivity contribution in [3.05, 3.63) is 48.8 Å². The van der Waals surface area contributed by atoms with Gasteiger partial charge in [0, 0.05) is 0 Å². The van der Waals surface area contributed by atoms with Crippen LogP contribution in [-0.2, 0) is 4.74 Å². The molecule has 3 heteroatoms. The van der Waals surface area contributed by atoms with Gasteiger partial charge in [0.15, 0.2) is 0 Å². The Kier molecular flexibility index (Phi) is 4.14. The molecule has 1 aliphatic heterocycles. The molecular formula is C11H14N2O. The molecule has 14 heavy (non-hydrogen) atoms. The SMILES string of the molecule is C1=CCOC=C1.Nc1ccccc1N. The highest BCUT2D eigenvalue weighted by molar-refractivity contribution is 5.62. The summed E-state index contributed by atoms with van der Waals surface area (Å²) in [4.78, 5) is 0. The molecule has 0 unspecified atom stereocenters. The van der Waals surface area contributed by atoms with E-state index in [1.807, 2.05) is 30.4 Å². The molecule has 0 spiro atoms. The van der Waals surface area contributed by atoms with Crippen molar-refractivity contribution in [2.75, 3.05) is 18.1 Å².